The number of nitrogens with one attached hydrogen (secondary N) is 1. The predicted octanol–water partition coefficient (Wildman–Crippen LogP) is 3.08. The van der Waals surface area contributed by atoms with Crippen LogP contribution in [0.1, 0.15) is 25.8 Å². The van der Waals surface area contributed by atoms with Gasteiger partial charge in [-0.1, -0.05) is 31.2 Å². The first kappa shape index (κ1) is 21.9. The highest BCUT2D eigenvalue weighted by Gasteiger charge is 2.37. The van der Waals surface area contributed by atoms with E-state index in [1.807, 2.05) is 31.2 Å². The fourth-order valence-electron chi connectivity index (χ4n) is 3.32. The number of carbonyl (C=O) groups excluding carboxylic acids is 3. The standard InChI is InChI=1S/C22H23N3O6/c1-3-15-8-10-17(11-9-15)24-13-16(12-20(24)26)22(28)31-14(2)21(27)23-18-6-4-5-7-19(18)25(29)30/h4-11,14,16H,3,12-13H2,1-2H3,(H,23,27). The van der Waals surface area contributed by atoms with Gasteiger partial charge < -0.3 is 15.0 Å². The van der Waals surface area contributed by atoms with Gasteiger partial charge in [0.05, 0.1) is 10.8 Å². The molecule has 0 radical (unpaired) electrons. The Morgan fingerprint density at radius 2 is 1.90 bits per heavy atom. The molecule has 0 spiro atoms. The second-order valence-electron chi connectivity index (χ2n) is 7.27. The smallest absolute Gasteiger partial charge is 0.312 e. The largest absolute Gasteiger partial charge is 0.452 e. The maximum absolute atomic E-state index is 12.5. The number of nitro groups is 1. The van der Waals surface area contributed by atoms with Crippen molar-refractivity contribution >= 4 is 34.8 Å². The molecule has 31 heavy (non-hydrogen) atoms. The molecule has 2 unspecified atom stereocenters. The fraction of sp³-hybridized carbons (Fsp3) is 0.318. The predicted molar refractivity (Wildman–Crippen MR) is 114 cm³/mol. The van der Waals surface area contributed by atoms with Gasteiger partial charge in [-0.3, -0.25) is 24.5 Å². The highest BCUT2D eigenvalue weighted by molar-refractivity contribution is 6.00. The fourth-order valence-corrected chi connectivity index (χ4v) is 3.32. The van der Waals surface area contributed by atoms with E-state index in [1.165, 1.54) is 30.0 Å². The molecule has 0 bridgehead atoms. The Bertz CT molecular complexity index is 1000. The van der Waals surface area contributed by atoms with Gasteiger partial charge in [0, 0.05) is 24.7 Å². The molecule has 1 saturated heterocycles. The van der Waals surface area contributed by atoms with Crippen LogP contribution in [0.4, 0.5) is 17.1 Å². The first-order valence-electron chi connectivity index (χ1n) is 9.94. The molecule has 1 N–H and O–H groups in total. The summed E-state index contributed by atoms with van der Waals surface area (Å²) in [6.45, 7) is 3.58. The van der Waals surface area contributed by atoms with Gasteiger partial charge in [-0.25, -0.2) is 0 Å². The number of ether oxygens (including phenoxy) is 1. The highest BCUT2D eigenvalue weighted by atomic mass is 16.6. The summed E-state index contributed by atoms with van der Waals surface area (Å²) in [4.78, 5) is 49.3. The topological polar surface area (TPSA) is 119 Å². The molecule has 0 aliphatic carbocycles. The Morgan fingerprint density at radius 3 is 2.55 bits per heavy atom. The van der Waals surface area contributed by atoms with Crippen LogP contribution in [-0.4, -0.2) is 35.4 Å². The van der Waals surface area contributed by atoms with Crippen LogP contribution in [0.15, 0.2) is 48.5 Å². The number of nitro benzene ring substituents is 1. The molecule has 0 saturated carbocycles. The van der Waals surface area contributed by atoms with Gasteiger partial charge in [0.15, 0.2) is 6.10 Å². The lowest BCUT2D eigenvalue weighted by molar-refractivity contribution is -0.383. The maximum Gasteiger partial charge on any atom is 0.312 e. The van der Waals surface area contributed by atoms with E-state index in [2.05, 4.69) is 5.32 Å². The van der Waals surface area contributed by atoms with Crippen molar-refractivity contribution in [2.75, 3.05) is 16.8 Å². The minimum absolute atomic E-state index is 0.00708. The van der Waals surface area contributed by atoms with Crippen LogP contribution >= 0.6 is 0 Å². The molecule has 9 nitrogen and oxygen atoms in total. The third-order valence-corrected chi connectivity index (χ3v) is 5.14. The summed E-state index contributed by atoms with van der Waals surface area (Å²) in [6.07, 6.45) is -0.303. The Balaban J connectivity index is 1.60. The SMILES string of the molecule is CCc1ccc(N2CC(C(=O)OC(C)C(=O)Nc3ccccc3[N+](=O)[O-])CC2=O)cc1. The number of hydrogen-bond donors (Lipinski definition) is 1. The quantitative estimate of drug-likeness (QED) is 0.414. The van der Waals surface area contributed by atoms with Gasteiger partial charge in [0.2, 0.25) is 5.91 Å². The van der Waals surface area contributed by atoms with Crippen LogP contribution in [0.5, 0.6) is 0 Å². The Kier molecular flexibility index (Phi) is 6.64. The number of esters is 1. The zero-order chi connectivity index (χ0) is 22.5. The first-order valence-corrected chi connectivity index (χ1v) is 9.94. The average molecular weight is 425 g/mol. The third kappa shape index (κ3) is 5.06. The van der Waals surface area contributed by atoms with Crippen molar-refractivity contribution in [3.8, 4) is 0 Å². The summed E-state index contributed by atoms with van der Waals surface area (Å²) in [6, 6.07) is 13.2. The normalized spacial score (nSPS) is 16.6. The lowest BCUT2D eigenvalue weighted by Crippen LogP contribution is -2.33. The Hall–Kier alpha value is -3.75. The number of rotatable bonds is 7. The van der Waals surface area contributed by atoms with E-state index < -0.39 is 28.8 Å². The summed E-state index contributed by atoms with van der Waals surface area (Å²) >= 11 is 0. The lowest BCUT2D eigenvalue weighted by atomic mass is 10.1. The number of aryl methyl sites for hydroxylation is 1. The minimum atomic E-state index is -1.18. The second-order valence-corrected chi connectivity index (χ2v) is 7.27. The van der Waals surface area contributed by atoms with Crippen molar-refractivity contribution in [2.24, 2.45) is 5.92 Å². The van der Waals surface area contributed by atoms with E-state index in [0.717, 1.165) is 12.0 Å². The summed E-state index contributed by atoms with van der Waals surface area (Å²) in [5.41, 5.74) is 1.60. The van der Waals surface area contributed by atoms with Gasteiger partial charge in [0.1, 0.15) is 5.69 Å². The van der Waals surface area contributed by atoms with Crippen LogP contribution < -0.4 is 10.2 Å². The van der Waals surface area contributed by atoms with E-state index in [4.69, 9.17) is 4.74 Å². The lowest BCUT2D eigenvalue weighted by Gasteiger charge is -2.18. The molecule has 0 aromatic heterocycles. The molecular formula is C22H23N3O6. The Morgan fingerprint density at radius 1 is 1.23 bits per heavy atom. The van der Waals surface area contributed by atoms with Crippen molar-refractivity contribution in [1.82, 2.24) is 0 Å². The van der Waals surface area contributed by atoms with E-state index in [0.29, 0.717) is 5.69 Å². The first-order chi connectivity index (χ1) is 14.8. The summed E-state index contributed by atoms with van der Waals surface area (Å²) in [5.74, 6) is -2.24. The monoisotopic (exact) mass is 425 g/mol. The van der Waals surface area contributed by atoms with E-state index in [-0.39, 0.29) is 30.2 Å². The number of benzene rings is 2. The molecular weight excluding hydrogens is 402 g/mol. The van der Waals surface area contributed by atoms with Crippen molar-refractivity contribution in [3.05, 3.63) is 64.2 Å². The van der Waals surface area contributed by atoms with Crippen LogP contribution in [0, 0.1) is 16.0 Å². The van der Waals surface area contributed by atoms with Crippen LogP contribution in [0.25, 0.3) is 0 Å². The molecule has 2 amide bonds. The zero-order valence-electron chi connectivity index (χ0n) is 17.2. The molecule has 2 aromatic carbocycles. The van der Waals surface area contributed by atoms with Crippen LogP contribution in [-0.2, 0) is 25.5 Å². The molecule has 162 valence electrons. The molecule has 2 atom stereocenters. The van der Waals surface area contributed by atoms with Gasteiger partial charge in [0.25, 0.3) is 11.6 Å². The van der Waals surface area contributed by atoms with Crippen LogP contribution in [0.2, 0.25) is 0 Å². The number of nitrogens with zero attached hydrogens (tertiary/aromatic N) is 2. The van der Waals surface area contributed by atoms with Gasteiger partial charge in [-0.05, 0) is 37.1 Å². The molecule has 3 rings (SSSR count). The van der Waals surface area contributed by atoms with Gasteiger partial charge in [-0.2, -0.15) is 0 Å². The number of para-hydroxylation sites is 2. The number of hydrogen-bond acceptors (Lipinski definition) is 6. The molecule has 1 fully saturated rings. The van der Waals surface area contributed by atoms with E-state index in [1.54, 1.807) is 6.07 Å². The average Bonchev–Trinajstić information content (AvgIpc) is 3.15. The van der Waals surface area contributed by atoms with Crippen molar-refractivity contribution in [3.63, 3.8) is 0 Å². The van der Waals surface area contributed by atoms with Crippen LogP contribution in [0.3, 0.4) is 0 Å². The summed E-state index contributed by atoms with van der Waals surface area (Å²) in [5, 5.41) is 13.5. The third-order valence-electron chi connectivity index (χ3n) is 5.14. The van der Waals surface area contributed by atoms with Crippen molar-refractivity contribution in [1.29, 1.82) is 0 Å². The number of amides is 2. The highest BCUT2D eigenvalue weighted by Crippen LogP contribution is 2.27. The number of anilines is 2. The minimum Gasteiger partial charge on any atom is -0.452 e. The van der Waals surface area contributed by atoms with Gasteiger partial charge >= 0.3 is 5.97 Å². The maximum atomic E-state index is 12.5. The molecule has 1 aliphatic rings. The number of carbonyl (C=O) groups is 3. The summed E-state index contributed by atoms with van der Waals surface area (Å²) < 4.78 is 5.24. The van der Waals surface area contributed by atoms with E-state index >= 15 is 0 Å². The Labute approximate surface area is 179 Å². The van der Waals surface area contributed by atoms with E-state index in [9.17, 15) is 24.5 Å². The summed E-state index contributed by atoms with van der Waals surface area (Å²) in [7, 11) is 0. The van der Waals surface area contributed by atoms with Crippen molar-refractivity contribution < 1.29 is 24.0 Å². The van der Waals surface area contributed by atoms with Crippen molar-refractivity contribution in [2.45, 2.75) is 32.8 Å². The zero-order valence-corrected chi connectivity index (χ0v) is 17.2. The molecule has 2 aromatic rings. The van der Waals surface area contributed by atoms with Gasteiger partial charge in [-0.15, -0.1) is 0 Å². The second kappa shape index (κ2) is 9.38. The molecule has 9 heteroatoms. The molecule has 1 heterocycles. The molecule has 1 aliphatic heterocycles.